The maximum Gasteiger partial charge on any atom is 0.258 e. The van der Waals surface area contributed by atoms with Gasteiger partial charge in [0.05, 0.1) is 16.6 Å². The van der Waals surface area contributed by atoms with Crippen molar-refractivity contribution in [3.8, 4) is 0 Å². The Morgan fingerprint density at radius 3 is 2.57 bits per heavy atom. The molecule has 120 valence electrons. The van der Waals surface area contributed by atoms with Gasteiger partial charge in [-0.15, -0.1) is 0 Å². The predicted octanol–water partition coefficient (Wildman–Crippen LogP) is 3.61. The number of carbonyl (C=O) groups is 1. The Morgan fingerprint density at radius 2 is 1.87 bits per heavy atom. The van der Waals surface area contributed by atoms with Gasteiger partial charge in [-0.3, -0.25) is 9.69 Å². The van der Waals surface area contributed by atoms with E-state index in [0.29, 0.717) is 13.1 Å². The number of amides is 1. The van der Waals surface area contributed by atoms with Crippen molar-refractivity contribution >= 4 is 17.5 Å². The van der Waals surface area contributed by atoms with Crippen LogP contribution in [-0.4, -0.2) is 42.4 Å². The zero-order chi connectivity index (χ0) is 16.4. The van der Waals surface area contributed by atoms with Crippen molar-refractivity contribution in [3.05, 3.63) is 70.5 Å². The van der Waals surface area contributed by atoms with Crippen LogP contribution in [0, 0.1) is 5.82 Å². The van der Waals surface area contributed by atoms with Gasteiger partial charge in [0, 0.05) is 19.6 Å². The monoisotopic (exact) mass is 332 g/mol. The third-order valence-electron chi connectivity index (χ3n) is 4.30. The van der Waals surface area contributed by atoms with Gasteiger partial charge in [-0.25, -0.2) is 4.39 Å². The lowest BCUT2D eigenvalue weighted by molar-refractivity contribution is 0.0542. The second-order valence-electron chi connectivity index (χ2n) is 5.75. The molecule has 0 aromatic heterocycles. The van der Waals surface area contributed by atoms with E-state index in [-0.39, 0.29) is 22.5 Å². The second kappa shape index (κ2) is 6.69. The largest absolute Gasteiger partial charge is 0.335 e. The molecule has 23 heavy (non-hydrogen) atoms. The molecule has 0 saturated carbocycles. The Bertz CT molecular complexity index is 687. The van der Waals surface area contributed by atoms with Gasteiger partial charge >= 0.3 is 0 Å². The molecule has 1 fully saturated rings. The lowest BCUT2D eigenvalue weighted by atomic mass is 10.0. The van der Waals surface area contributed by atoms with E-state index in [0.717, 1.165) is 12.1 Å². The molecule has 1 saturated heterocycles. The molecule has 1 amide bonds. The van der Waals surface area contributed by atoms with Crippen LogP contribution >= 0.6 is 11.6 Å². The lowest BCUT2D eigenvalue weighted by Crippen LogP contribution is -2.49. The molecule has 2 aromatic rings. The summed E-state index contributed by atoms with van der Waals surface area (Å²) in [5.74, 6) is -0.917. The minimum atomic E-state index is -0.572. The molecule has 0 aliphatic carbocycles. The van der Waals surface area contributed by atoms with Gasteiger partial charge in [-0.2, -0.15) is 0 Å². The molecular formula is C18H18ClFN2O. The summed E-state index contributed by atoms with van der Waals surface area (Å²) in [6, 6.07) is 14.4. The SMILES string of the molecule is CN1CCN(C(=O)c2c(F)cccc2Cl)CC1c1ccccc1. The average Bonchev–Trinajstić information content (AvgIpc) is 2.56. The van der Waals surface area contributed by atoms with E-state index in [2.05, 4.69) is 4.90 Å². The predicted molar refractivity (Wildman–Crippen MR) is 89.1 cm³/mol. The highest BCUT2D eigenvalue weighted by Gasteiger charge is 2.30. The maximum absolute atomic E-state index is 14.0. The first-order valence-corrected chi connectivity index (χ1v) is 7.94. The molecule has 1 heterocycles. The number of nitrogens with zero attached hydrogens (tertiary/aromatic N) is 2. The third kappa shape index (κ3) is 3.23. The van der Waals surface area contributed by atoms with Crippen LogP contribution in [0.1, 0.15) is 22.0 Å². The van der Waals surface area contributed by atoms with Crippen molar-refractivity contribution in [2.75, 3.05) is 26.7 Å². The van der Waals surface area contributed by atoms with Crippen LogP contribution in [0.3, 0.4) is 0 Å². The Morgan fingerprint density at radius 1 is 1.13 bits per heavy atom. The molecule has 0 spiro atoms. The van der Waals surface area contributed by atoms with E-state index >= 15 is 0 Å². The number of benzene rings is 2. The van der Waals surface area contributed by atoms with E-state index in [4.69, 9.17) is 11.6 Å². The molecule has 1 aliphatic rings. The third-order valence-corrected chi connectivity index (χ3v) is 4.61. The summed E-state index contributed by atoms with van der Waals surface area (Å²) in [5, 5.41) is 0.158. The van der Waals surface area contributed by atoms with E-state index in [1.54, 1.807) is 11.0 Å². The Labute approximate surface area is 140 Å². The van der Waals surface area contributed by atoms with Crippen molar-refractivity contribution < 1.29 is 9.18 Å². The Balaban J connectivity index is 1.85. The van der Waals surface area contributed by atoms with Crippen LogP contribution in [0.2, 0.25) is 5.02 Å². The van der Waals surface area contributed by atoms with E-state index in [9.17, 15) is 9.18 Å². The Kier molecular flexibility index (Phi) is 4.64. The highest BCUT2D eigenvalue weighted by atomic mass is 35.5. The summed E-state index contributed by atoms with van der Waals surface area (Å²) < 4.78 is 14.0. The molecule has 3 rings (SSSR count). The second-order valence-corrected chi connectivity index (χ2v) is 6.16. The molecule has 0 N–H and O–H groups in total. The quantitative estimate of drug-likeness (QED) is 0.838. The number of rotatable bonds is 2. The minimum absolute atomic E-state index is 0.0365. The van der Waals surface area contributed by atoms with Crippen molar-refractivity contribution in [2.45, 2.75) is 6.04 Å². The molecule has 0 bridgehead atoms. The van der Waals surface area contributed by atoms with Crippen LogP contribution in [-0.2, 0) is 0 Å². The van der Waals surface area contributed by atoms with Gasteiger partial charge in [0.1, 0.15) is 5.82 Å². The minimum Gasteiger partial charge on any atom is -0.335 e. The molecule has 1 unspecified atom stereocenters. The smallest absolute Gasteiger partial charge is 0.258 e. The fourth-order valence-electron chi connectivity index (χ4n) is 2.95. The summed E-state index contributed by atoms with van der Waals surface area (Å²) in [6.45, 7) is 1.81. The van der Waals surface area contributed by atoms with E-state index in [1.807, 2.05) is 37.4 Å². The number of hydrogen-bond donors (Lipinski definition) is 0. The first kappa shape index (κ1) is 16.0. The van der Waals surface area contributed by atoms with E-state index in [1.165, 1.54) is 12.1 Å². The molecular weight excluding hydrogens is 315 g/mol. The number of hydrogen-bond acceptors (Lipinski definition) is 2. The van der Waals surface area contributed by atoms with Crippen molar-refractivity contribution in [2.24, 2.45) is 0 Å². The summed E-state index contributed by atoms with van der Waals surface area (Å²) in [7, 11) is 2.04. The first-order chi connectivity index (χ1) is 11.1. The number of piperazine rings is 1. The summed E-state index contributed by atoms with van der Waals surface area (Å²) >= 11 is 6.03. The zero-order valence-electron chi connectivity index (χ0n) is 12.9. The Hall–Kier alpha value is -1.91. The van der Waals surface area contributed by atoms with Crippen molar-refractivity contribution in [1.82, 2.24) is 9.80 Å². The van der Waals surface area contributed by atoms with E-state index < -0.39 is 5.82 Å². The van der Waals surface area contributed by atoms with Gasteiger partial charge in [0.25, 0.3) is 5.91 Å². The summed E-state index contributed by atoms with van der Waals surface area (Å²) in [5.41, 5.74) is 1.11. The van der Waals surface area contributed by atoms with Gasteiger partial charge in [0.2, 0.25) is 0 Å². The van der Waals surface area contributed by atoms with Crippen LogP contribution in [0.5, 0.6) is 0 Å². The standard InChI is InChI=1S/C18H18ClFN2O/c1-21-10-11-22(12-16(21)13-6-3-2-4-7-13)18(23)17-14(19)8-5-9-15(17)20/h2-9,16H,10-12H2,1H3. The number of carbonyl (C=O) groups excluding carboxylic acids is 1. The molecule has 1 atom stereocenters. The van der Waals surface area contributed by atoms with Gasteiger partial charge in [0.15, 0.2) is 0 Å². The maximum atomic E-state index is 14.0. The van der Waals surface area contributed by atoms with Crippen LogP contribution in [0.15, 0.2) is 48.5 Å². The van der Waals surface area contributed by atoms with Crippen molar-refractivity contribution in [3.63, 3.8) is 0 Å². The number of halogens is 2. The fourth-order valence-corrected chi connectivity index (χ4v) is 3.20. The highest BCUT2D eigenvalue weighted by Crippen LogP contribution is 2.27. The summed E-state index contributed by atoms with van der Waals surface area (Å²) in [6.07, 6.45) is 0. The highest BCUT2D eigenvalue weighted by molar-refractivity contribution is 6.33. The van der Waals surface area contributed by atoms with Crippen LogP contribution in [0.4, 0.5) is 4.39 Å². The normalized spacial score (nSPS) is 18.9. The number of likely N-dealkylation sites (N-methyl/N-ethyl adjacent to an activating group) is 1. The van der Waals surface area contributed by atoms with Gasteiger partial charge in [-0.1, -0.05) is 48.0 Å². The molecule has 2 aromatic carbocycles. The van der Waals surface area contributed by atoms with Gasteiger partial charge < -0.3 is 4.90 Å². The fraction of sp³-hybridized carbons (Fsp3) is 0.278. The molecule has 3 nitrogen and oxygen atoms in total. The first-order valence-electron chi connectivity index (χ1n) is 7.56. The summed E-state index contributed by atoms with van der Waals surface area (Å²) in [4.78, 5) is 16.6. The van der Waals surface area contributed by atoms with Crippen molar-refractivity contribution in [1.29, 1.82) is 0 Å². The average molecular weight is 333 g/mol. The topological polar surface area (TPSA) is 23.6 Å². The lowest BCUT2D eigenvalue weighted by Gasteiger charge is -2.39. The van der Waals surface area contributed by atoms with Crippen LogP contribution < -0.4 is 0 Å². The van der Waals surface area contributed by atoms with Gasteiger partial charge in [-0.05, 0) is 24.7 Å². The molecule has 0 radical (unpaired) electrons. The molecule has 5 heteroatoms. The van der Waals surface area contributed by atoms with Crippen LogP contribution in [0.25, 0.3) is 0 Å². The zero-order valence-corrected chi connectivity index (χ0v) is 13.6. The molecule has 1 aliphatic heterocycles.